The molecule has 0 spiro atoms. The van der Waals surface area contributed by atoms with Crippen LogP contribution in [0.5, 0.6) is 5.75 Å². The van der Waals surface area contributed by atoms with Crippen molar-refractivity contribution in [2.45, 2.75) is 25.4 Å². The van der Waals surface area contributed by atoms with Gasteiger partial charge in [0.05, 0.1) is 20.3 Å². The third-order valence-corrected chi connectivity index (χ3v) is 3.50. The van der Waals surface area contributed by atoms with E-state index in [1.807, 2.05) is 18.2 Å². The molecule has 0 aliphatic carbocycles. The number of hydrogen-bond acceptors (Lipinski definition) is 4. The topological polar surface area (TPSA) is 43.6 Å². The Hall–Kier alpha value is -1.52. The van der Waals surface area contributed by atoms with Gasteiger partial charge in [-0.1, -0.05) is 12.1 Å². The van der Waals surface area contributed by atoms with Crippen molar-refractivity contribution in [3.63, 3.8) is 0 Å². The van der Waals surface area contributed by atoms with Gasteiger partial charge in [0.1, 0.15) is 5.76 Å². The molecule has 2 aromatic rings. The zero-order chi connectivity index (χ0) is 13.1. The lowest BCUT2D eigenvalue weighted by molar-refractivity contribution is 0.0694. The second kappa shape index (κ2) is 5.63. The first kappa shape index (κ1) is 12.5. The highest BCUT2D eigenvalue weighted by Crippen LogP contribution is 2.28. The van der Waals surface area contributed by atoms with Crippen LogP contribution in [-0.2, 0) is 11.3 Å². The molecule has 2 heterocycles. The average molecular weight is 261 g/mol. The fourth-order valence-corrected chi connectivity index (χ4v) is 2.48. The van der Waals surface area contributed by atoms with Crippen LogP contribution in [0.15, 0.2) is 28.7 Å². The van der Waals surface area contributed by atoms with Gasteiger partial charge in [0.25, 0.3) is 0 Å². The summed E-state index contributed by atoms with van der Waals surface area (Å²) in [4.78, 5) is 0. The standard InChI is InChI=1S/C15H19NO3/c1-17-14-6-2-4-11-8-13(19-15(11)14)9-16-12-5-3-7-18-10-12/h2,4,6,8,12,16H,3,5,7,9-10H2,1H3. The molecule has 1 aliphatic heterocycles. The number of para-hydroxylation sites is 1. The van der Waals surface area contributed by atoms with Crippen LogP contribution in [0, 0.1) is 0 Å². The van der Waals surface area contributed by atoms with E-state index in [0.29, 0.717) is 6.04 Å². The van der Waals surface area contributed by atoms with Crippen LogP contribution in [0.1, 0.15) is 18.6 Å². The summed E-state index contributed by atoms with van der Waals surface area (Å²) in [5.41, 5.74) is 0.821. The lowest BCUT2D eigenvalue weighted by atomic mass is 10.1. The highest BCUT2D eigenvalue weighted by Gasteiger charge is 2.14. The van der Waals surface area contributed by atoms with Gasteiger partial charge in [0, 0.05) is 18.0 Å². The Morgan fingerprint density at radius 2 is 2.37 bits per heavy atom. The highest BCUT2D eigenvalue weighted by atomic mass is 16.5. The van der Waals surface area contributed by atoms with E-state index < -0.39 is 0 Å². The highest BCUT2D eigenvalue weighted by molar-refractivity contribution is 5.83. The lowest BCUT2D eigenvalue weighted by Gasteiger charge is -2.22. The number of nitrogens with one attached hydrogen (secondary N) is 1. The van der Waals surface area contributed by atoms with Gasteiger partial charge in [-0.3, -0.25) is 0 Å². The predicted octanol–water partition coefficient (Wildman–Crippen LogP) is 2.71. The SMILES string of the molecule is COc1cccc2cc(CNC3CCCOC3)oc12. The summed E-state index contributed by atoms with van der Waals surface area (Å²) >= 11 is 0. The van der Waals surface area contributed by atoms with Gasteiger partial charge < -0.3 is 19.2 Å². The normalized spacial score (nSPS) is 19.7. The largest absolute Gasteiger partial charge is 0.493 e. The third kappa shape index (κ3) is 2.74. The molecule has 0 saturated carbocycles. The smallest absolute Gasteiger partial charge is 0.176 e. The summed E-state index contributed by atoms with van der Waals surface area (Å²) < 4.78 is 16.6. The van der Waals surface area contributed by atoms with Gasteiger partial charge in [-0.05, 0) is 25.0 Å². The van der Waals surface area contributed by atoms with Crippen molar-refractivity contribution in [3.05, 3.63) is 30.0 Å². The average Bonchev–Trinajstić information content (AvgIpc) is 2.89. The van der Waals surface area contributed by atoms with E-state index in [2.05, 4.69) is 11.4 Å². The number of fused-ring (bicyclic) bond motifs is 1. The van der Waals surface area contributed by atoms with E-state index in [-0.39, 0.29) is 0 Å². The van der Waals surface area contributed by atoms with E-state index in [1.54, 1.807) is 7.11 Å². The Kier molecular flexibility index (Phi) is 3.71. The Morgan fingerprint density at radius 3 is 3.16 bits per heavy atom. The van der Waals surface area contributed by atoms with Gasteiger partial charge >= 0.3 is 0 Å². The van der Waals surface area contributed by atoms with Crippen molar-refractivity contribution in [1.82, 2.24) is 5.32 Å². The quantitative estimate of drug-likeness (QED) is 0.919. The monoisotopic (exact) mass is 261 g/mol. The minimum absolute atomic E-state index is 0.434. The van der Waals surface area contributed by atoms with Gasteiger partial charge in [-0.25, -0.2) is 0 Å². The van der Waals surface area contributed by atoms with Crippen molar-refractivity contribution in [1.29, 1.82) is 0 Å². The first-order valence-electron chi connectivity index (χ1n) is 6.73. The summed E-state index contributed by atoms with van der Waals surface area (Å²) in [6, 6.07) is 8.42. The van der Waals surface area contributed by atoms with Crippen molar-refractivity contribution in [2.75, 3.05) is 20.3 Å². The number of furan rings is 1. The molecule has 1 N–H and O–H groups in total. The van der Waals surface area contributed by atoms with Gasteiger partial charge in [-0.15, -0.1) is 0 Å². The van der Waals surface area contributed by atoms with Gasteiger partial charge in [0.2, 0.25) is 0 Å². The maximum absolute atomic E-state index is 5.85. The molecule has 4 nitrogen and oxygen atoms in total. The molecule has 1 aromatic heterocycles. The van der Waals surface area contributed by atoms with Crippen LogP contribution in [0.3, 0.4) is 0 Å². The molecule has 1 aromatic carbocycles. The Morgan fingerprint density at radius 1 is 1.42 bits per heavy atom. The van der Waals surface area contributed by atoms with E-state index >= 15 is 0 Å². The Labute approximate surface area is 112 Å². The molecule has 0 radical (unpaired) electrons. The summed E-state index contributed by atoms with van der Waals surface area (Å²) in [5, 5.41) is 4.56. The second-order valence-electron chi connectivity index (χ2n) is 4.89. The zero-order valence-corrected chi connectivity index (χ0v) is 11.1. The molecular weight excluding hydrogens is 242 g/mol. The van der Waals surface area contributed by atoms with E-state index in [4.69, 9.17) is 13.9 Å². The molecule has 19 heavy (non-hydrogen) atoms. The van der Waals surface area contributed by atoms with Crippen molar-refractivity contribution < 1.29 is 13.9 Å². The molecule has 1 saturated heterocycles. The van der Waals surface area contributed by atoms with Crippen LogP contribution >= 0.6 is 0 Å². The van der Waals surface area contributed by atoms with E-state index in [1.165, 1.54) is 6.42 Å². The Bertz CT molecular complexity index is 543. The zero-order valence-electron chi connectivity index (χ0n) is 11.1. The molecular formula is C15H19NO3. The minimum atomic E-state index is 0.434. The summed E-state index contributed by atoms with van der Waals surface area (Å²) in [6.45, 7) is 2.41. The van der Waals surface area contributed by atoms with Crippen molar-refractivity contribution in [3.8, 4) is 5.75 Å². The van der Waals surface area contributed by atoms with Crippen LogP contribution in [0.2, 0.25) is 0 Å². The number of rotatable bonds is 4. The maximum atomic E-state index is 5.85. The molecule has 1 atom stereocenters. The first-order chi connectivity index (χ1) is 9.36. The summed E-state index contributed by atoms with van der Waals surface area (Å²) in [7, 11) is 1.66. The fraction of sp³-hybridized carbons (Fsp3) is 0.467. The van der Waals surface area contributed by atoms with E-state index in [9.17, 15) is 0 Å². The molecule has 3 rings (SSSR count). The first-order valence-corrected chi connectivity index (χ1v) is 6.73. The molecule has 102 valence electrons. The predicted molar refractivity (Wildman–Crippen MR) is 73.4 cm³/mol. The number of ether oxygens (including phenoxy) is 2. The van der Waals surface area contributed by atoms with Crippen LogP contribution < -0.4 is 10.1 Å². The van der Waals surface area contributed by atoms with Crippen LogP contribution in [-0.4, -0.2) is 26.4 Å². The number of methoxy groups -OCH3 is 1. The van der Waals surface area contributed by atoms with E-state index in [0.717, 1.165) is 48.7 Å². The number of hydrogen-bond donors (Lipinski definition) is 1. The number of benzene rings is 1. The van der Waals surface area contributed by atoms with Crippen LogP contribution in [0.4, 0.5) is 0 Å². The molecule has 1 unspecified atom stereocenters. The minimum Gasteiger partial charge on any atom is -0.493 e. The second-order valence-corrected chi connectivity index (χ2v) is 4.89. The Balaban J connectivity index is 1.70. The molecule has 1 fully saturated rings. The molecule has 1 aliphatic rings. The molecule has 0 bridgehead atoms. The molecule has 4 heteroatoms. The summed E-state index contributed by atoms with van der Waals surface area (Å²) in [6.07, 6.45) is 2.30. The molecule has 0 amide bonds. The lowest BCUT2D eigenvalue weighted by Crippen LogP contribution is -2.36. The van der Waals surface area contributed by atoms with Crippen molar-refractivity contribution in [2.24, 2.45) is 0 Å². The summed E-state index contributed by atoms with van der Waals surface area (Å²) in [5.74, 6) is 1.72. The third-order valence-electron chi connectivity index (χ3n) is 3.50. The van der Waals surface area contributed by atoms with Crippen molar-refractivity contribution >= 4 is 11.0 Å². The maximum Gasteiger partial charge on any atom is 0.176 e. The fourth-order valence-electron chi connectivity index (χ4n) is 2.48. The van der Waals surface area contributed by atoms with Gasteiger partial charge in [0.15, 0.2) is 11.3 Å². The van der Waals surface area contributed by atoms with Crippen LogP contribution in [0.25, 0.3) is 11.0 Å². The van der Waals surface area contributed by atoms with Gasteiger partial charge in [-0.2, -0.15) is 0 Å².